The Morgan fingerprint density at radius 2 is 1.54 bits per heavy atom. The highest BCUT2D eigenvalue weighted by atomic mass is 14.1. The summed E-state index contributed by atoms with van der Waals surface area (Å²) in [4.78, 5) is 0. The van der Waals surface area contributed by atoms with Gasteiger partial charge in [0.05, 0.1) is 0 Å². The number of rotatable bonds is 1. The summed E-state index contributed by atoms with van der Waals surface area (Å²) in [5.41, 5.74) is 9.03. The van der Waals surface area contributed by atoms with Gasteiger partial charge in [0.25, 0.3) is 0 Å². The Labute approximate surface area is 80.6 Å². The third kappa shape index (κ3) is 1.74. The zero-order valence-corrected chi connectivity index (χ0v) is 8.78. The second-order valence-corrected chi connectivity index (χ2v) is 3.44. The molecule has 0 aliphatic heterocycles. The molecule has 13 heavy (non-hydrogen) atoms. The lowest BCUT2D eigenvalue weighted by Gasteiger charge is -2.17. The molecule has 0 unspecified atom stereocenters. The first-order chi connectivity index (χ1) is 6.07. The van der Waals surface area contributed by atoms with Crippen LogP contribution in [0.25, 0.3) is 0 Å². The van der Waals surface area contributed by atoms with Crippen molar-refractivity contribution in [1.29, 1.82) is 0 Å². The highest BCUT2D eigenvalue weighted by molar-refractivity contribution is 5.46. The predicted octanol–water partition coefficient (Wildman–Crippen LogP) is 3.41. The van der Waals surface area contributed by atoms with E-state index in [2.05, 4.69) is 52.1 Å². The molecule has 0 N–H and O–H groups in total. The number of aryl methyl sites for hydroxylation is 2. The maximum Gasteiger partial charge on any atom is -0.0483 e. The minimum atomic E-state index is 1.15. The van der Waals surface area contributed by atoms with E-state index in [4.69, 9.17) is 0 Å². The fourth-order valence-electron chi connectivity index (χ4n) is 1.49. The monoisotopic (exact) mass is 171 g/mol. The highest BCUT2D eigenvalue weighted by Gasteiger charge is 1.97. The molecule has 0 heterocycles. The first-order valence-corrected chi connectivity index (χ1v) is 4.43. The Morgan fingerprint density at radius 1 is 1.08 bits per heavy atom. The van der Waals surface area contributed by atoms with Crippen molar-refractivity contribution >= 4 is 0 Å². The Morgan fingerprint density at radius 3 is 1.92 bits per heavy atom. The van der Waals surface area contributed by atoms with Crippen LogP contribution >= 0.6 is 0 Å². The summed E-state index contributed by atoms with van der Waals surface area (Å²) in [5.74, 6) is 0. The van der Waals surface area contributed by atoms with Gasteiger partial charge in [-0.25, -0.2) is 5.73 Å². The molecule has 0 fully saturated rings. The molecule has 1 rings (SSSR count). The van der Waals surface area contributed by atoms with Crippen molar-refractivity contribution in [2.24, 2.45) is 0 Å². The summed E-state index contributed by atoms with van der Waals surface area (Å²) >= 11 is 0. The number of benzene rings is 1. The Bertz CT molecular complexity index is 351. The molecular weight excluding hydrogens is 156 g/mol. The van der Waals surface area contributed by atoms with Crippen LogP contribution in [0.2, 0.25) is 0 Å². The van der Waals surface area contributed by atoms with E-state index >= 15 is 0 Å². The first-order valence-electron chi connectivity index (χ1n) is 4.43. The van der Waals surface area contributed by atoms with Crippen molar-refractivity contribution in [3.63, 3.8) is 0 Å². The van der Waals surface area contributed by atoms with Gasteiger partial charge in [-0.1, -0.05) is 37.1 Å². The van der Waals surface area contributed by atoms with Crippen molar-refractivity contribution in [3.05, 3.63) is 52.3 Å². The molecule has 0 bridgehead atoms. The molecule has 68 valence electrons. The summed E-state index contributed by atoms with van der Waals surface area (Å²) in [6, 6.07) is 2.21. The molecule has 0 atom stereocenters. The normalized spacial score (nSPS) is 9.54. The molecule has 1 aromatic carbocycles. The maximum absolute atomic E-state index is 3.56. The van der Waals surface area contributed by atoms with Gasteiger partial charge in [-0.15, -0.1) is 23.3 Å². The van der Waals surface area contributed by atoms with Crippen LogP contribution in [0.4, 0.5) is 0 Å². The third-order valence-electron chi connectivity index (χ3n) is 2.58. The summed E-state index contributed by atoms with van der Waals surface area (Å²) in [6.07, 6.45) is 3.06. The minimum Gasteiger partial charge on any atom is -0.230 e. The van der Waals surface area contributed by atoms with Crippen molar-refractivity contribution in [2.75, 3.05) is 0 Å². The molecule has 0 aliphatic rings. The molecule has 0 spiro atoms. The van der Waals surface area contributed by atoms with E-state index in [-0.39, 0.29) is 0 Å². The van der Waals surface area contributed by atoms with Crippen molar-refractivity contribution in [2.45, 2.75) is 27.7 Å². The second-order valence-electron chi connectivity index (χ2n) is 3.44. The van der Waals surface area contributed by atoms with E-state index in [1.54, 1.807) is 0 Å². The fourth-order valence-corrected chi connectivity index (χ4v) is 1.49. The number of hydrogen-bond acceptors (Lipinski definition) is 0. The smallest absolute Gasteiger partial charge is 0.0483 e. The van der Waals surface area contributed by atoms with Crippen molar-refractivity contribution < 1.29 is 0 Å². The van der Waals surface area contributed by atoms with Gasteiger partial charge >= 0.3 is 0 Å². The van der Waals surface area contributed by atoms with Crippen LogP contribution in [-0.4, -0.2) is 0 Å². The Balaban J connectivity index is 3.55. The Kier molecular flexibility index (Phi) is 2.75. The van der Waals surface area contributed by atoms with Crippen molar-refractivity contribution in [1.82, 2.24) is 0 Å². The van der Waals surface area contributed by atoms with Crippen LogP contribution in [0.15, 0.2) is 18.4 Å². The van der Waals surface area contributed by atoms with Gasteiger partial charge in [0, 0.05) is 0 Å². The molecule has 0 aromatic heterocycles. The minimum absolute atomic E-state index is 1.15. The van der Waals surface area contributed by atoms with E-state index in [0.29, 0.717) is 0 Å². The first kappa shape index (κ1) is 9.83. The van der Waals surface area contributed by atoms with Crippen LogP contribution < -0.4 is 0 Å². The summed E-state index contributed by atoms with van der Waals surface area (Å²) < 4.78 is 0. The Hall–Kier alpha value is -1.26. The lowest BCUT2D eigenvalue weighted by molar-refractivity contribution is 1.21. The van der Waals surface area contributed by atoms with E-state index in [1.165, 1.54) is 22.3 Å². The van der Waals surface area contributed by atoms with E-state index in [1.807, 2.05) is 0 Å². The standard InChI is InChI=1S/C13H15/c1-6-7-13-11(4)9(2)8-10(3)12(13)5/h8H,1H2,2-5H3/q-1. The van der Waals surface area contributed by atoms with Gasteiger partial charge in [0.1, 0.15) is 0 Å². The van der Waals surface area contributed by atoms with Gasteiger partial charge in [-0.2, -0.15) is 0 Å². The molecule has 0 saturated carbocycles. The molecule has 0 amide bonds. The summed E-state index contributed by atoms with van der Waals surface area (Å²) in [6.45, 7) is 12.0. The van der Waals surface area contributed by atoms with Crippen LogP contribution in [-0.2, 0) is 0 Å². The van der Waals surface area contributed by atoms with Gasteiger partial charge in [-0.05, 0) is 13.8 Å². The topological polar surface area (TPSA) is 0 Å². The average molecular weight is 171 g/mol. The maximum atomic E-state index is 3.56. The van der Waals surface area contributed by atoms with E-state index in [0.717, 1.165) is 5.56 Å². The predicted molar refractivity (Wildman–Crippen MR) is 56.9 cm³/mol. The molecule has 0 nitrogen and oxygen atoms in total. The fraction of sp³-hybridized carbons (Fsp3) is 0.308. The lowest BCUT2D eigenvalue weighted by Crippen LogP contribution is -1.94. The van der Waals surface area contributed by atoms with Gasteiger partial charge in [-0.3, -0.25) is 0 Å². The molecule has 0 aliphatic carbocycles. The average Bonchev–Trinajstić information content (AvgIpc) is 2.09. The van der Waals surface area contributed by atoms with E-state index < -0.39 is 0 Å². The van der Waals surface area contributed by atoms with Crippen molar-refractivity contribution in [3.8, 4) is 0 Å². The zero-order chi connectivity index (χ0) is 10.0. The van der Waals surface area contributed by atoms with Crippen LogP contribution in [0.1, 0.15) is 27.8 Å². The quantitative estimate of drug-likeness (QED) is 0.448. The SMILES string of the molecule is C=C=[C-]c1c(C)c(C)cc(C)c1C. The third-order valence-corrected chi connectivity index (χ3v) is 2.58. The lowest BCUT2D eigenvalue weighted by atomic mass is 9.94. The van der Waals surface area contributed by atoms with Crippen LogP contribution in [0.3, 0.4) is 0 Å². The zero-order valence-electron chi connectivity index (χ0n) is 8.78. The summed E-state index contributed by atoms with van der Waals surface area (Å²) in [5, 5.41) is 0. The largest absolute Gasteiger partial charge is 0.230 e. The van der Waals surface area contributed by atoms with Gasteiger partial charge in [0.2, 0.25) is 0 Å². The van der Waals surface area contributed by atoms with Gasteiger partial charge < -0.3 is 0 Å². The molecule has 1 aromatic rings. The van der Waals surface area contributed by atoms with E-state index in [9.17, 15) is 0 Å². The summed E-state index contributed by atoms with van der Waals surface area (Å²) in [7, 11) is 0. The second kappa shape index (κ2) is 3.64. The molecular formula is C13H15-. The van der Waals surface area contributed by atoms with Crippen LogP contribution in [0.5, 0.6) is 0 Å². The number of hydrogen-bond donors (Lipinski definition) is 0. The molecule has 0 heteroatoms. The highest BCUT2D eigenvalue weighted by Crippen LogP contribution is 2.21. The van der Waals surface area contributed by atoms with Gasteiger partial charge in [0.15, 0.2) is 0 Å². The van der Waals surface area contributed by atoms with Crippen LogP contribution in [0, 0.1) is 33.8 Å². The molecule has 0 saturated heterocycles. The molecule has 0 radical (unpaired) electrons.